The number of morpholine rings is 1. The molecule has 1 aliphatic carbocycles. The molecule has 1 saturated carbocycles. The lowest BCUT2D eigenvalue weighted by molar-refractivity contribution is -0.150. The normalized spacial score (nSPS) is 23.7. The van der Waals surface area contributed by atoms with Crippen molar-refractivity contribution >= 4 is 57.9 Å². The highest BCUT2D eigenvalue weighted by Crippen LogP contribution is 2.33. The highest BCUT2D eigenvalue weighted by atomic mass is 35.5. The minimum absolute atomic E-state index is 0.00664. The van der Waals surface area contributed by atoms with Gasteiger partial charge in [-0.05, 0) is 69.7 Å². The van der Waals surface area contributed by atoms with Crippen LogP contribution in [0.3, 0.4) is 0 Å². The van der Waals surface area contributed by atoms with Crippen molar-refractivity contribution in [2.24, 2.45) is 5.92 Å². The first kappa shape index (κ1) is 33.9. The minimum Gasteiger partial charge on any atom is -0.466 e. The SMILES string of the molecule is CCOC(=O)C1CCC(OC[C@@H]2CC[C@@H](CN3CCOCC3)N2C(=O)Cc2ccc3nc(Nc4ccc(Cl)c(Cl)c4)oc3c2F)CC1. The number of benzene rings is 2. The van der Waals surface area contributed by atoms with E-state index in [1.165, 1.54) is 0 Å². The maximum Gasteiger partial charge on any atom is 0.308 e. The quantitative estimate of drug-likeness (QED) is 0.229. The zero-order valence-corrected chi connectivity index (χ0v) is 28.0. The fraction of sp³-hybridized carbons (Fsp3) is 0.559. The molecule has 0 unspecified atom stereocenters. The molecule has 0 bridgehead atoms. The van der Waals surface area contributed by atoms with Gasteiger partial charge in [-0.1, -0.05) is 29.3 Å². The van der Waals surface area contributed by atoms with Gasteiger partial charge in [0.25, 0.3) is 6.01 Å². The van der Waals surface area contributed by atoms with E-state index in [1.54, 1.807) is 30.3 Å². The third-order valence-electron chi connectivity index (χ3n) is 9.39. The van der Waals surface area contributed by atoms with Gasteiger partial charge >= 0.3 is 5.97 Å². The number of hydrogen-bond acceptors (Lipinski definition) is 9. The van der Waals surface area contributed by atoms with E-state index in [-0.39, 0.29) is 59.6 Å². The summed E-state index contributed by atoms with van der Waals surface area (Å²) in [7, 11) is 0. The summed E-state index contributed by atoms with van der Waals surface area (Å²) in [5.41, 5.74) is 1.13. The summed E-state index contributed by atoms with van der Waals surface area (Å²) >= 11 is 12.1. The third-order valence-corrected chi connectivity index (χ3v) is 10.1. The molecule has 254 valence electrons. The molecular weight excluding hydrogens is 650 g/mol. The molecule has 3 fully saturated rings. The van der Waals surface area contributed by atoms with E-state index >= 15 is 4.39 Å². The van der Waals surface area contributed by atoms with Gasteiger partial charge in [0, 0.05) is 36.9 Å². The smallest absolute Gasteiger partial charge is 0.308 e. The van der Waals surface area contributed by atoms with Gasteiger partial charge in [-0.25, -0.2) is 4.39 Å². The number of carbonyl (C=O) groups excluding carboxylic acids is 2. The Labute approximate surface area is 283 Å². The van der Waals surface area contributed by atoms with Crippen LogP contribution in [0.15, 0.2) is 34.7 Å². The molecule has 3 heterocycles. The van der Waals surface area contributed by atoms with Gasteiger partial charge in [-0.3, -0.25) is 14.5 Å². The lowest BCUT2D eigenvalue weighted by atomic mass is 9.87. The van der Waals surface area contributed by atoms with Gasteiger partial charge in [0.1, 0.15) is 5.52 Å². The molecule has 0 radical (unpaired) electrons. The number of nitrogens with zero attached hydrogens (tertiary/aromatic N) is 3. The van der Waals surface area contributed by atoms with Crippen LogP contribution < -0.4 is 5.32 Å². The molecule has 6 rings (SSSR count). The van der Waals surface area contributed by atoms with Crippen LogP contribution in [0.4, 0.5) is 16.1 Å². The summed E-state index contributed by atoms with van der Waals surface area (Å²) in [6.07, 6.45) is 4.63. The number of nitrogens with one attached hydrogen (secondary N) is 1. The third kappa shape index (κ3) is 8.20. The molecule has 2 aliphatic heterocycles. The average molecular weight is 692 g/mol. The predicted molar refractivity (Wildman–Crippen MR) is 177 cm³/mol. The summed E-state index contributed by atoms with van der Waals surface area (Å²) in [5, 5.41) is 3.75. The lowest BCUT2D eigenvalue weighted by Gasteiger charge is -2.36. The van der Waals surface area contributed by atoms with E-state index < -0.39 is 5.82 Å². The Hall–Kier alpha value is -2.96. The molecule has 3 aliphatic rings. The van der Waals surface area contributed by atoms with E-state index in [2.05, 4.69) is 15.2 Å². The van der Waals surface area contributed by atoms with Crippen molar-refractivity contribution < 1.29 is 32.6 Å². The molecular formula is C34H41Cl2FN4O6. The molecule has 1 aromatic heterocycles. The number of hydrogen-bond donors (Lipinski definition) is 1. The number of amides is 1. The summed E-state index contributed by atoms with van der Waals surface area (Å²) < 4.78 is 38.7. The zero-order chi connectivity index (χ0) is 32.9. The molecule has 13 heteroatoms. The van der Waals surface area contributed by atoms with Crippen molar-refractivity contribution in [2.75, 3.05) is 51.4 Å². The van der Waals surface area contributed by atoms with Gasteiger partial charge in [0.2, 0.25) is 5.91 Å². The monoisotopic (exact) mass is 690 g/mol. The van der Waals surface area contributed by atoms with Gasteiger partial charge in [0.05, 0.1) is 61.0 Å². The van der Waals surface area contributed by atoms with Crippen LogP contribution in [0.2, 0.25) is 10.0 Å². The summed E-state index contributed by atoms with van der Waals surface area (Å²) in [5.74, 6) is -0.955. The Morgan fingerprint density at radius 3 is 2.53 bits per heavy atom. The second-order valence-corrected chi connectivity index (χ2v) is 13.3. The Morgan fingerprint density at radius 1 is 1.02 bits per heavy atom. The topological polar surface area (TPSA) is 106 Å². The van der Waals surface area contributed by atoms with Gasteiger partial charge in [-0.2, -0.15) is 4.98 Å². The average Bonchev–Trinajstić information content (AvgIpc) is 3.68. The number of ether oxygens (including phenoxy) is 3. The maximum absolute atomic E-state index is 15.8. The first-order chi connectivity index (χ1) is 22.8. The van der Waals surface area contributed by atoms with Crippen LogP contribution in [-0.4, -0.2) is 90.9 Å². The fourth-order valence-electron chi connectivity index (χ4n) is 6.91. The summed E-state index contributed by atoms with van der Waals surface area (Å²) in [4.78, 5) is 34.8. The molecule has 1 amide bonds. The van der Waals surface area contributed by atoms with E-state index in [9.17, 15) is 9.59 Å². The number of carbonyl (C=O) groups is 2. The largest absolute Gasteiger partial charge is 0.466 e. The highest BCUT2D eigenvalue weighted by Gasteiger charge is 2.39. The number of aromatic nitrogens is 1. The fourth-order valence-corrected chi connectivity index (χ4v) is 7.21. The number of likely N-dealkylation sites (tertiary alicyclic amines) is 1. The van der Waals surface area contributed by atoms with Gasteiger partial charge < -0.3 is 28.8 Å². The van der Waals surface area contributed by atoms with Crippen LogP contribution in [0, 0.1) is 11.7 Å². The van der Waals surface area contributed by atoms with E-state index in [0.29, 0.717) is 47.7 Å². The Bertz CT molecular complexity index is 1560. The summed E-state index contributed by atoms with van der Waals surface area (Å²) in [6, 6.07) is 8.20. The molecule has 10 nitrogen and oxygen atoms in total. The highest BCUT2D eigenvalue weighted by molar-refractivity contribution is 6.42. The zero-order valence-electron chi connectivity index (χ0n) is 26.5. The Morgan fingerprint density at radius 2 is 1.79 bits per heavy atom. The van der Waals surface area contributed by atoms with Crippen molar-refractivity contribution in [1.82, 2.24) is 14.8 Å². The minimum atomic E-state index is -0.611. The molecule has 1 N–H and O–H groups in total. The van der Waals surface area contributed by atoms with Crippen LogP contribution in [-0.2, 0) is 30.2 Å². The van der Waals surface area contributed by atoms with Crippen LogP contribution >= 0.6 is 23.2 Å². The van der Waals surface area contributed by atoms with Gasteiger partial charge in [0.15, 0.2) is 11.4 Å². The number of halogens is 3. The van der Waals surface area contributed by atoms with Crippen LogP contribution in [0.25, 0.3) is 11.1 Å². The van der Waals surface area contributed by atoms with Crippen molar-refractivity contribution in [3.8, 4) is 0 Å². The van der Waals surface area contributed by atoms with E-state index in [4.69, 9.17) is 41.8 Å². The second kappa shape index (κ2) is 15.5. The van der Waals surface area contributed by atoms with Gasteiger partial charge in [-0.15, -0.1) is 0 Å². The standard InChI is InChI=1S/C34H41Cl2FN4O6/c1-2-45-33(43)21-3-9-26(10-4-21)46-20-25-8-7-24(19-40-13-15-44-16-14-40)41(25)30(42)17-22-5-12-29-32(31(22)37)47-34(39-29)38-23-6-11-27(35)28(36)18-23/h5-6,11-12,18,21,24-26H,2-4,7-10,13-17,19-20H2,1H3,(H,38,39)/t21?,24-,25-,26?/m0/s1. The van der Waals surface area contributed by atoms with Crippen LogP contribution in [0.5, 0.6) is 0 Å². The van der Waals surface area contributed by atoms with Crippen molar-refractivity contribution in [3.63, 3.8) is 0 Å². The Balaban J connectivity index is 1.13. The molecule has 2 saturated heterocycles. The first-order valence-corrected chi connectivity index (χ1v) is 17.2. The number of esters is 1. The number of fused-ring (bicyclic) bond motifs is 1. The van der Waals surface area contributed by atoms with Crippen LogP contribution in [0.1, 0.15) is 51.0 Å². The van der Waals surface area contributed by atoms with E-state index in [1.807, 2.05) is 11.8 Å². The predicted octanol–water partition coefficient (Wildman–Crippen LogP) is 6.39. The molecule has 3 aromatic rings. The van der Waals surface area contributed by atoms with Crippen molar-refractivity contribution in [3.05, 3.63) is 51.8 Å². The molecule has 47 heavy (non-hydrogen) atoms. The number of rotatable bonds is 11. The maximum atomic E-state index is 15.8. The second-order valence-electron chi connectivity index (χ2n) is 12.5. The molecule has 2 atom stereocenters. The number of oxazole rings is 1. The number of anilines is 2. The molecule has 2 aromatic carbocycles. The van der Waals surface area contributed by atoms with E-state index in [0.717, 1.165) is 58.2 Å². The lowest BCUT2D eigenvalue weighted by Crippen LogP contribution is -2.50. The first-order valence-electron chi connectivity index (χ1n) is 16.5. The van der Waals surface area contributed by atoms with Crippen molar-refractivity contribution in [1.29, 1.82) is 0 Å². The van der Waals surface area contributed by atoms with Crippen molar-refractivity contribution in [2.45, 2.75) is 70.1 Å². The molecule has 0 spiro atoms. The Kier molecular flexibility index (Phi) is 11.2. The summed E-state index contributed by atoms with van der Waals surface area (Å²) in [6.45, 7) is 6.34.